The van der Waals surface area contributed by atoms with Crippen LogP contribution in [0.3, 0.4) is 0 Å². The number of carbonyl (C=O) groups is 8. The molecule has 0 spiro atoms. The third-order valence-corrected chi connectivity index (χ3v) is 16.9. The molecule has 0 unspecified atom stereocenters. The molecule has 12 rings (SSSR count). The predicted molar refractivity (Wildman–Crippen MR) is 292 cm³/mol. The SMILES string of the molecule is Cc1ccc(-c2nnc(-c3ccc(N4C(=O)c5ccc(C(c6ccc7c(c6)C(=O)N(c6c(C)c(C)c(N8C(=O)c9ccc(C(c%10ccc%11c(c%10)C(=O)NC%11=O)(C(F)(F)F)C(F)(F)F)cc9C8=O)c(C)c6C)C7=O)(C(F)(F)F)C(F)(F)F)cc5C4=O)cc3)o2)cc1. The Hall–Kier alpha value is -10.6. The van der Waals surface area contributed by atoms with Gasteiger partial charge in [0.05, 0.1) is 61.6 Å². The molecule has 456 valence electrons. The number of amides is 8. The molecule has 0 saturated heterocycles. The maximum absolute atomic E-state index is 15.8. The number of fused-ring (bicyclic) bond motifs is 4. The van der Waals surface area contributed by atoms with Crippen molar-refractivity contribution in [1.82, 2.24) is 15.5 Å². The van der Waals surface area contributed by atoms with Crippen molar-refractivity contribution in [2.75, 3.05) is 14.7 Å². The van der Waals surface area contributed by atoms with E-state index in [9.17, 15) is 38.4 Å². The Bertz CT molecular complexity index is 4550. The van der Waals surface area contributed by atoms with Gasteiger partial charge < -0.3 is 4.42 Å². The molecule has 27 heteroatoms. The fourth-order valence-electron chi connectivity index (χ4n) is 12.3. The summed E-state index contributed by atoms with van der Waals surface area (Å²) in [6.45, 7) is 6.84. The Morgan fingerprint density at radius 1 is 0.344 bits per heavy atom. The third kappa shape index (κ3) is 8.22. The summed E-state index contributed by atoms with van der Waals surface area (Å²) in [6, 6.07) is 17.0. The van der Waals surface area contributed by atoms with Crippen molar-refractivity contribution < 1.29 is 95.5 Å². The lowest BCUT2D eigenvalue weighted by atomic mass is 9.71. The quantitative estimate of drug-likeness (QED) is 0.107. The van der Waals surface area contributed by atoms with Gasteiger partial charge in [-0.2, -0.15) is 52.7 Å². The van der Waals surface area contributed by atoms with Crippen LogP contribution in [-0.4, -0.2) is 82.2 Å². The molecule has 0 atom stereocenters. The van der Waals surface area contributed by atoms with Crippen LogP contribution in [0.25, 0.3) is 22.9 Å². The molecule has 4 aliphatic heterocycles. The van der Waals surface area contributed by atoms with Crippen molar-refractivity contribution in [1.29, 1.82) is 0 Å². The van der Waals surface area contributed by atoms with Crippen LogP contribution >= 0.6 is 0 Å². The lowest BCUT2D eigenvalue weighted by molar-refractivity contribution is -0.290. The van der Waals surface area contributed by atoms with Crippen LogP contribution in [0.5, 0.6) is 0 Å². The standard InChI is InChI=1S/C63H36F12N6O9/c1-26-6-8-31(9-7-26)50-77-78-51(90-50)32-10-16-37(17-11-32)79-52(84)39-19-13-34(23-43(39)55(79)87)59(62(70,71)72,63(73,74)75)36-15-21-41-45(25-36)57(89)81(54(41)86)47-29(4)27(2)46(28(3)30(47)5)80-53(85)40-20-14-35(24-44(40)56(80)88)58(60(64,65)66,61(67,68)69)33-12-18-38-42(22-33)49(83)76-48(38)82/h6-25H,1-5H3,(H,76,82,83). The molecule has 7 aromatic carbocycles. The normalized spacial score (nSPS) is 15.4. The van der Waals surface area contributed by atoms with E-state index in [1.807, 2.05) is 19.1 Å². The highest BCUT2D eigenvalue weighted by Crippen LogP contribution is 2.59. The number of rotatable bonds is 9. The monoisotopic (exact) mass is 1250 g/mol. The van der Waals surface area contributed by atoms with Crippen LogP contribution in [-0.2, 0) is 10.8 Å². The van der Waals surface area contributed by atoms with Gasteiger partial charge in [0.15, 0.2) is 0 Å². The van der Waals surface area contributed by atoms with Gasteiger partial charge in [0, 0.05) is 11.1 Å². The fourth-order valence-corrected chi connectivity index (χ4v) is 12.3. The number of anilines is 3. The Labute approximate surface area is 497 Å². The molecule has 0 radical (unpaired) electrons. The van der Waals surface area contributed by atoms with E-state index < -0.39 is 150 Å². The molecule has 4 aliphatic rings. The van der Waals surface area contributed by atoms with Gasteiger partial charge in [-0.25, -0.2) is 14.7 Å². The number of carbonyl (C=O) groups excluding carboxylic acids is 8. The average Bonchev–Trinajstić information content (AvgIpc) is 1.54. The summed E-state index contributed by atoms with van der Waals surface area (Å²) in [7, 11) is 0. The van der Waals surface area contributed by atoms with E-state index in [2.05, 4.69) is 10.2 Å². The second-order valence-corrected chi connectivity index (χ2v) is 21.7. The van der Waals surface area contributed by atoms with Crippen molar-refractivity contribution in [3.8, 4) is 22.9 Å². The largest absolute Gasteiger partial charge is 0.416 e. The number of hydrogen-bond acceptors (Lipinski definition) is 11. The van der Waals surface area contributed by atoms with Gasteiger partial charge >= 0.3 is 24.7 Å². The van der Waals surface area contributed by atoms with Gasteiger partial charge in [0.25, 0.3) is 47.3 Å². The van der Waals surface area contributed by atoms with E-state index in [-0.39, 0.29) is 75.4 Å². The molecule has 5 heterocycles. The number of aromatic nitrogens is 2. The number of nitrogens with one attached hydrogen (secondary N) is 1. The summed E-state index contributed by atoms with van der Waals surface area (Å²) in [6.07, 6.45) is -25.2. The van der Waals surface area contributed by atoms with Crippen LogP contribution in [0.15, 0.2) is 126 Å². The molecule has 15 nitrogen and oxygen atoms in total. The summed E-state index contributed by atoms with van der Waals surface area (Å²) in [5.41, 5.74) is -22.0. The molecular formula is C63H36F12N6O9. The number of hydrogen-bond donors (Lipinski definition) is 1. The van der Waals surface area contributed by atoms with Gasteiger partial charge in [-0.3, -0.25) is 43.7 Å². The second-order valence-electron chi connectivity index (χ2n) is 21.7. The minimum Gasteiger partial charge on any atom is -0.416 e. The summed E-state index contributed by atoms with van der Waals surface area (Å²) in [5, 5.41) is 9.83. The van der Waals surface area contributed by atoms with E-state index in [0.29, 0.717) is 74.4 Å². The molecular weight excluding hydrogens is 1210 g/mol. The van der Waals surface area contributed by atoms with Crippen LogP contribution in [0.4, 0.5) is 69.7 Å². The first kappa shape index (κ1) is 59.7. The van der Waals surface area contributed by atoms with Crippen molar-refractivity contribution >= 4 is 64.3 Å². The van der Waals surface area contributed by atoms with Crippen molar-refractivity contribution in [2.24, 2.45) is 0 Å². The number of alkyl halides is 12. The Kier molecular flexibility index (Phi) is 13.1. The zero-order valence-corrected chi connectivity index (χ0v) is 46.5. The molecule has 8 amide bonds. The molecule has 90 heavy (non-hydrogen) atoms. The Balaban J connectivity index is 0.868. The zero-order valence-electron chi connectivity index (χ0n) is 46.5. The van der Waals surface area contributed by atoms with E-state index in [0.717, 1.165) is 5.56 Å². The van der Waals surface area contributed by atoms with Gasteiger partial charge in [0.2, 0.25) is 22.6 Å². The first-order valence-corrected chi connectivity index (χ1v) is 26.6. The van der Waals surface area contributed by atoms with Gasteiger partial charge in [-0.1, -0.05) is 42.0 Å². The van der Waals surface area contributed by atoms with E-state index in [1.54, 1.807) is 17.4 Å². The minimum atomic E-state index is -6.35. The Morgan fingerprint density at radius 2 is 0.633 bits per heavy atom. The second kappa shape index (κ2) is 19.7. The number of nitrogens with zero attached hydrogens (tertiary/aromatic N) is 5. The first-order valence-electron chi connectivity index (χ1n) is 26.6. The van der Waals surface area contributed by atoms with Crippen molar-refractivity contribution in [3.63, 3.8) is 0 Å². The summed E-state index contributed by atoms with van der Waals surface area (Å²) in [5.74, 6) is -10.0. The molecule has 8 aromatic rings. The molecule has 1 aromatic heterocycles. The van der Waals surface area contributed by atoms with Crippen LogP contribution in [0.1, 0.15) is 133 Å². The van der Waals surface area contributed by atoms with Crippen LogP contribution in [0.2, 0.25) is 0 Å². The lowest BCUT2D eigenvalue weighted by Gasteiger charge is -2.38. The molecule has 0 fully saturated rings. The van der Waals surface area contributed by atoms with Gasteiger partial charge in [-0.05, 0) is 164 Å². The smallest absolute Gasteiger partial charge is 0.411 e. The minimum absolute atomic E-state index is 0.0257. The summed E-state index contributed by atoms with van der Waals surface area (Å²) >= 11 is 0. The Morgan fingerprint density at radius 3 is 0.989 bits per heavy atom. The van der Waals surface area contributed by atoms with E-state index in [4.69, 9.17) is 4.42 Å². The van der Waals surface area contributed by atoms with E-state index >= 15 is 52.7 Å². The van der Waals surface area contributed by atoms with Crippen LogP contribution < -0.4 is 20.0 Å². The maximum Gasteiger partial charge on any atom is 0.411 e. The highest BCUT2D eigenvalue weighted by molar-refractivity contribution is 6.37. The van der Waals surface area contributed by atoms with E-state index in [1.165, 1.54) is 52.0 Å². The van der Waals surface area contributed by atoms with Gasteiger partial charge in [-0.15, -0.1) is 10.2 Å². The van der Waals surface area contributed by atoms with Crippen molar-refractivity contribution in [3.05, 3.63) is 216 Å². The molecule has 1 N–H and O–H groups in total. The number of aryl methyl sites for hydroxylation is 1. The number of halogens is 12. The summed E-state index contributed by atoms with van der Waals surface area (Å²) < 4.78 is 193. The molecule has 0 bridgehead atoms. The number of imide groups is 4. The fraction of sp³-hybridized carbons (Fsp3) is 0.175. The highest BCUT2D eigenvalue weighted by atomic mass is 19.4. The van der Waals surface area contributed by atoms with Crippen molar-refractivity contribution in [2.45, 2.75) is 70.2 Å². The lowest BCUT2D eigenvalue weighted by Crippen LogP contribution is -2.55. The third-order valence-electron chi connectivity index (χ3n) is 16.9. The zero-order chi connectivity index (χ0) is 65.2. The highest BCUT2D eigenvalue weighted by Gasteiger charge is 2.74. The van der Waals surface area contributed by atoms with Gasteiger partial charge in [0.1, 0.15) is 0 Å². The average molecular weight is 1250 g/mol. The molecule has 0 saturated carbocycles. The van der Waals surface area contributed by atoms with Crippen LogP contribution in [0, 0.1) is 34.6 Å². The first-order chi connectivity index (χ1) is 42.1. The summed E-state index contributed by atoms with van der Waals surface area (Å²) in [4.78, 5) is 111. The molecule has 0 aliphatic carbocycles. The number of benzene rings is 7. The maximum atomic E-state index is 15.8. The predicted octanol–water partition coefficient (Wildman–Crippen LogP) is 13.1. The topological polar surface area (TPSA) is 197 Å².